The first-order chi connectivity index (χ1) is 16.6. The molecule has 0 saturated heterocycles. The molecule has 1 atom stereocenters. The summed E-state index contributed by atoms with van der Waals surface area (Å²) in [6.07, 6.45) is 1.60. The van der Waals surface area contributed by atoms with E-state index in [0.717, 1.165) is 50.1 Å². The van der Waals surface area contributed by atoms with Crippen LogP contribution in [0.3, 0.4) is 0 Å². The number of hydrogen-bond donors (Lipinski definition) is 0. The van der Waals surface area contributed by atoms with Gasteiger partial charge < -0.3 is 14.2 Å². The van der Waals surface area contributed by atoms with E-state index in [0.29, 0.717) is 12.3 Å². The van der Waals surface area contributed by atoms with Crippen LogP contribution in [0, 0.1) is 6.92 Å². The highest BCUT2D eigenvalue weighted by Crippen LogP contribution is 2.37. The second-order valence-corrected chi connectivity index (χ2v) is 9.57. The largest absolute Gasteiger partial charge is 0.482 e. The predicted molar refractivity (Wildman–Crippen MR) is 134 cm³/mol. The number of benzene rings is 2. The fourth-order valence-corrected chi connectivity index (χ4v) is 5.38. The van der Waals surface area contributed by atoms with E-state index in [2.05, 4.69) is 22.2 Å². The SMILES string of the molecule is C=CCn1c(SCc2csc(-c3ccc4c(c3)OCO4)n2)nnc1C(C)Oc1ccccc1C. The molecule has 2 aromatic carbocycles. The van der Waals surface area contributed by atoms with Crippen LogP contribution in [0.1, 0.15) is 30.1 Å². The lowest BCUT2D eigenvalue weighted by Crippen LogP contribution is -2.12. The monoisotopic (exact) mass is 492 g/mol. The molecule has 7 nitrogen and oxygen atoms in total. The zero-order valence-electron chi connectivity index (χ0n) is 18.9. The van der Waals surface area contributed by atoms with Crippen molar-refractivity contribution in [3.63, 3.8) is 0 Å². The van der Waals surface area contributed by atoms with Gasteiger partial charge in [0, 0.05) is 23.2 Å². The molecule has 174 valence electrons. The van der Waals surface area contributed by atoms with Crippen molar-refractivity contribution in [2.24, 2.45) is 0 Å². The Morgan fingerprint density at radius 2 is 2.06 bits per heavy atom. The van der Waals surface area contributed by atoms with Crippen LogP contribution in [0.25, 0.3) is 10.6 Å². The Labute approximate surface area is 206 Å². The second-order valence-electron chi connectivity index (χ2n) is 7.77. The van der Waals surface area contributed by atoms with Gasteiger partial charge in [-0.1, -0.05) is 36.0 Å². The summed E-state index contributed by atoms with van der Waals surface area (Å²) in [5.74, 6) is 3.83. The number of aryl methyl sites for hydroxylation is 1. The maximum absolute atomic E-state index is 6.18. The van der Waals surface area contributed by atoms with E-state index in [-0.39, 0.29) is 12.9 Å². The van der Waals surface area contributed by atoms with E-state index in [1.807, 2.05) is 67.0 Å². The van der Waals surface area contributed by atoms with E-state index < -0.39 is 0 Å². The molecule has 3 heterocycles. The summed E-state index contributed by atoms with van der Waals surface area (Å²) in [5.41, 5.74) is 3.09. The summed E-state index contributed by atoms with van der Waals surface area (Å²) in [4.78, 5) is 4.80. The Morgan fingerprint density at radius 3 is 2.91 bits per heavy atom. The first-order valence-corrected chi connectivity index (χ1v) is 12.7. The van der Waals surface area contributed by atoms with Crippen LogP contribution in [0.5, 0.6) is 17.2 Å². The van der Waals surface area contributed by atoms with Crippen LogP contribution in [0.15, 0.2) is 65.7 Å². The lowest BCUT2D eigenvalue weighted by Gasteiger charge is -2.17. The standard InChI is InChI=1S/C25H24N4O3S2/c1-4-11-29-23(17(3)32-20-8-6-5-7-16(20)2)27-28-25(29)34-14-19-13-33-24(26-19)18-9-10-21-22(12-18)31-15-30-21/h4-10,12-13,17H,1,11,14-15H2,2-3H3. The minimum Gasteiger partial charge on any atom is -0.482 e. The van der Waals surface area contributed by atoms with Gasteiger partial charge in [0.25, 0.3) is 0 Å². The van der Waals surface area contributed by atoms with Gasteiger partial charge in [-0.25, -0.2) is 4.98 Å². The Hall–Kier alpha value is -3.30. The van der Waals surface area contributed by atoms with Crippen LogP contribution in [0.2, 0.25) is 0 Å². The molecule has 0 aliphatic carbocycles. The number of thiazole rings is 1. The van der Waals surface area contributed by atoms with Gasteiger partial charge in [-0.05, 0) is 43.7 Å². The summed E-state index contributed by atoms with van der Waals surface area (Å²) in [7, 11) is 0. The van der Waals surface area contributed by atoms with Crippen LogP contribution in [-0.4, -0.2) is 26.5 Å². The minimum atomic E-state index is -0.250. The number of aromatic nitrogens is 4. The fraction of sp³-hybridized carbons (Fsp3) is 0.240. The van der Waals surface area contributed by atoms with E-state index in [4.69, 9.17) is 19.2 Å². The number of rotatable bonds is 9. The molecule has 9 heteroatoms. The van der Waals surface area contributed by atoms with Crippen LogP contribution in [-0.2, 0) is 12.3 Å². The molecule has 0 bridgehead atoms. The topological polar surface area (TPSA) is 71.3 Å². The van der Waals surface area contributed by atoms with Gasteiger partial charge in [-0.3, -0.25) is 4.57 Å². The molecule has 0 saturated carbocycles. The van der Waals surface area contributed by atoms with Crippen molar-refractivity contribution in [2.75, 3.05) is 6.79 Å². The number of allylic oxidation sites excluding steroid dienone is 1. The highest BCUT2D eigenvalue weighted by molar-refractivity contribution is 7.98. The zero-order valence-corrected chi connectivity index (χ0v) is 20.6. The summed E-state index contributed by atoms with van der Waals surface area (Å²) in [6.45, 7) is 8.79. The Balaban J connectivity index is 1.29. The highest BCUT2D eigenvalue weighted by atomic mass is 32.2. The molecule has 0 radical (unpaired) electrons. The molecular formula is C25H24N4O3S2. The van der Waals surface area contributed by atoms with E-state index in [1.54, 1.807) is 23.1 Å². The molecule has 1 unspecified atom stereocenters. The maximum atomic E-state index is 6.18. The van der Waals surface area contributed by atoms with Crippen molar-refractivity contribution < 1.29 is 14.2 Å². The van der Waals surface area contributed by atoms with Crippen molar-refractivity contribution in [3.8, 4) is 27.8 Å². The molecule has 1 aliphatic rings. The summed E-state index contributed by atoms with van der Waals surface area (Å²) in [6, 6.07) is 13.9. The Morgan fingerprint density at radius 1 is 1.21 bits per heavy atom. The molecule has 0 fully saturated rings. The predicted octanol–water partition coefficient (Wildman–Crippen LogP) is 6.06. The van der Waals surface area contributed by atoms with Crippen LogP contribution < -0.4 is 14.2 Å². The lowest BCUT2D eigenvalue weighted by molar-refractivity contribution is 0.174. The summed E-state index contributed by atoms with van der Waals surface area (Å²) >= 11 is 3.21. The Bertz CT molecular complexity index is 1320. The number of nitrogens with zero attached hydrogens (tertiary/aromatic N) is 4. The van der Waals surface area contributed by atoms with Crippen molar-refractivity contribution in [1.82, 2.24) is 19.7 Å². The van der Waals surface area contributed by atoms with E-state index >= 15 is 0 Å². The molecule has 2 aromatic heterocycles. The van der Waals surface area contributed by atoms with E-state index in [9.17, 15) is 0 Å². The molecule has 34 heavy (non-hydrogen) atoms. The zero-order chi connectivity index (χ0) is 23.5. The molecule has 5 rings (SSSR count). The van der Waals surface area contributed by atoms with Gasteiger partial charge in [-0.15, -0.1) is 28.1 Å². The third kappa shape index (κ3) is 4.67. The quantitative estimate of drug-likeness (QED) is 0.208. The third-order valence-corrected chi connectivity index (χ3v) is 7.28. The van der Waals surface area contributed by atoms with Gasteiger partial charge in [0.2, 0.25) is 6.79 Å². The van der Waals surface area contributed by atoms with Gasteiger partial charge in [0.1, 0.15) is 10.8 Å². The molecule has 0 N–H and O–H groups in total. The average molecular weight is 493 g/mol. The second kappa shape index (κ2) is 9.90. The Kier molecular flexibility index (Phi) is 6.55. The van der Waals surface area contributed by atoms with Crippen molar-refractivity contribution in [3.05, 3.63) is 77.6 Å². The molecule has 0 spiro atoms. The summed E-state index contributed by atoms with van der Waals surface area (Å²) in [5, 5.41) is 12.7. The van der Waals surface area contributed by atoms with Gasteiger partial charge in [0.05, 0.1) is 5.69 Å². The highest BCUT2D eigenvalue weighted by Gasteiger charge is 2.20. The van der Waals surface area contributed by atoms with Gasteiger partial charge in [-0.2, -0.15) is 0 Å². The number of para-hydroxylation sites is 1. The van der Waals surface area contributed by atoms with E-state index in [1.165, 1.54) is 0 Å². The number of hydrogen-bond acceptors (Lipinski definition) is 8. The van der Waals surface area contributed by atoms with Crippen molar-refractivity contribution in [1.29, 1.82) is 0 Å². The van der Waals surface area contributed by atoms with Crippen molar-refractivity contribution in [2.45, 2.75) is 37.4 Å². The fourth-order valence-electron chi connectivity index (χ4n) is 3.61. The molecule has 0 amide bonds. The molecule has 4 aromatic rings. The number of fused-ring (bicyclic) bond motifs is 1. The maximum Gasteiger partial charge on any atom is 0.231 e. The first kappa shape index (κ1) is 22.5. The molecule has 1 aliphatic heterocycles. The number of thioether (sulfide) groups is 1. The smallest absolute Gasteiger partial charge is 0.231 e. The first-order valence-electron chi connectivity index (χ1n) is 10.9. The molecular weight excluding hydrogens is 468 g/mol. The van der Waals surface area contributed by atoms with Crippen LogP contribution >= 0.6 is 23.1 Å². The third-order valence-electron chi connectivity index (χ3n) is 5.34. The normalized spacial score (nSPS) is 13.1. The van der Waals surface area contributed by atoms with Gasteiger partial charge >= 0.3 is 0 Å². The van der Waals surface area contributed by atoms with Gasteiger partial charge in [0.15, 0.2) is 28.6 Å². The minimum absolute atomic E-state index is 0.250. The average Bonchev–Trinajstić information content (AvgIpc) is 3.59. The summed E-state index contributed by atoms with van der Waals surface area (Å²) < 4.78 is 19.1. The van der Waals surface area contributed by atoms with Crippen LogP contribution in [0.4, 0.5) is 0 Å². The number of ether oxygens (including phenoxy) is 3. The lowest BCUT2D eigenvalue weighted by atomic mass is 10.2. The van der Waals surface area contributed by atoms with Crippen molar-refractivity contribution >= 4 is 23.1 Å².